The van der Waals surface area contributed by atoms with Crippen molar-refractivity contribution in [3.8, 4) is 11.4 Å². The van der Waals surface area contributed by atoms with E-state index in [4.69, 9.17) is 9.26 Å². The Morgan fingerprint density at radius 3 is 2.68 bits per heavy atom. The first-order valence-electron chi connectivity index (χ1n) is 11.0. The fraction of sp³-hybridized carbons (Fsp3) is 0.545. The van der Waals surface area contributed by atoms with Crippen molar-refractivity contribution in [2.45, 2.75) is 37.8 Å². The molecule has 31 heavy (non-hydrogen) atoms. The molecule has 3 saturated heterocycles. The molecule has 1 aromatic heterocycles. The molecule has 0 radical (unpaired) electrons. The number of hydrogen-bond donors (Lipinski definition) is 1. The number of hydrogen-bond acceptors (Lipinski definition) is 6. The van der Waals surface area contributed by atoms with Crippen molar-refractivity contribution in [1.29, 1.82) is 0 Å². The van der Waals surface area contributed by atoms with Crippen LogP contribution in [0, 0.1) is 5.92 Å². The minimum atomic E-state index is -0.104. The lowest BCUT2D eigenvalue weighted by atomic mass is 9.93. The van der Waals surface area contributed by atoms with E-state index in [1.165, 1.54) is 0 Å². The number of nitrogens with one attached hydrogen (secondary N) is 1. The third-order valence-electron chi connectivity index (χ3n) is 6.44. The molecule has 3 aliphatic heterocycles. The van der Waals surface area contributed by atoms with Gasteiger partial charge in [0.15, 0.2) is 0 Å². The highest BCUT2D eigenvalue weighted by Crippen LogP contribution is 2.25. The first-order valence-corrected chi connectivity index (χ1v) is 11.0. The lowest BCUT2D eigenvalue weighted by Gasteiger charge is -2.43. The molecule has 3 aliphatic rings. The van der Waals surface area contributed by atoms with Crippen molar-refractivity contribution in [2.75, 3.05) is 32.8 Å². The number of rotatable bonds is 3. The van der Waals surface area contributed by atoms with Gasteiger partial charge in [0.2, 0.25) is 17.6 Å². The van der Waals surface area contributed by atoms with Gasteiger partial charge in [-0.3, -0.25) is 4.79 Å². The molecule has 3 fully saturated rings. The first kappa shape index (κ1) is 20.0. The Labute approximate surface area is 180 Å². The fourth-order valence-corrected chi connectivity index (χ4v) is 4.69. The Balaban J connectivity index is 1.12. The standard InChI is InChI=1S/C22H27N5O4/c28-19-14-30-18-8-11-27(13-17(18)23-19)22(29)26-9-6-15(7-10-26)12-20-24-21(25-31-20)16-4-2-1-3-5-16/h1-5,15,17-18H,6-14H2,(H,23,28). The maximum Gasteiger partial charge on any atom is 0.320 e. The van der Waals surface area contributed by atoms with Crippen LogP contribution >= 0.6 is 0 Å². The van der Waals surface area contributed by atoms with E-state index in [1.807, 2.05) is 40.1 Å². The molecule has 2 atom stereocenters. The SMILES string of the molecule is O=C1COC2CCN(C(=O)N3CCC(Cc4nc(-c5ccccc5)no4)CC3)CC2N1. The van der Waals surface area contributed by atoms with Crippen LogP contribution in [0.2, 0.25) is 0 Å². The molecular weight excluding hydrogens is 398 g/mol. The number of nitrogens with zero attached hydrogens (tertiary/aromatic N) is 4. The van der Waals surface area contributed by atoms with E-state index in [9.17, 15) is 9.59 Å². The van der Waals surface area contributed by atoms with Gasteiger partial charge in [0.05, 0.1) is 12.1 Å². The monoisotopic (exact) mass is 425 g/mol. The Bertz CT molecular complexity index is 925. The summed E-state index contributed by atoms with van der Waals surface area (Å²) >= 11 is 0. The van der Waals surface area contributed by atoms with Gasteiger partial charge in [0, 0.05) is 38.2 Å². The normalized spacial score (nSPS) is 24.6. The number of piperidine rings is 2. The number of benzene rings is 1. The highest BCUT2D eigenvalue weighted by Gasteiger charge is 2.38. The van der Waals surface area contributed by atoms with Crippen molar-refractivity contribution in [3.63, 3.8) is 0 Å². The Hall–Kier alpha value is -2.94. The molecule has 5 rings (SSSR count). The van der Waals surface area contributed by atoms with Crippen molar-refractivity contribution in [2.24, 2.45) is 5.92 Å². The molecule has 164 valence electrons. The summed E-state index contributed by atoms with van der Waals surface area (Å²) in [7, 11) is 0. The number of aromatic nitrogens is 2. The highest BCUT2D eigenvalue weighted by atomic mass is 16.5. The maximum absolute atomic E-state index is 13.0. The molecule has 9 nitrogen and oxygen atoms in total. The van der Waals surface area contributed by atoms with Gasteiger partial charge in [0.25, 0.3) is 0 Å². The Morgan fingerprint density at radius 2 is 1.87 bits per heavy atom. The van der Waals surface area contributed by atoms with E-state index in [-0.39, 0.29) is 30.7 Å². The predicted octanol–water partition coefficient (Wildman–Crippen LogP) is 1.70. The third-order valence-corrected chi connectivity index (χ3v) is 6.44. The van der Waals surface area contributed by atoms with E-state index < -0.39 is 0 Å². The molecule has 0 saturated carbocycles. The van der Waals surface area contributed by atoms with E-state index >= 15 is 0 Å². The second-order valence-corrected chi connectivity index (χ2v) is 8.55. The topological polar surface area (TPSA) is 101 Å². The molecule has 0 aliphatic carbocycles. The zero-order valence-electron chi connectivity index (χ0n) is 17.4. The average molecular weight is 425 g/mol. The molecule has 3 amide bonds. The van der Waals surface area contributed by atoms with Crippen molar-refractivity contribution >= 4 is 11.9 Å². The number of carbonyl (C=O) groups is 2. The van der Waals surface area contributed by atoms with E-state index in [0.717, 1.165) is 44.3 Å². The maximum atomic E-state index is 13.0. The second kappa shape index (κ2) is 8.66. The summed E-state index contributed by atoms with van der Waals surface area (Å²) in [4.78, 5) is 32.9. The van der Waals surface area contributed by atoms with Gasteiger partial charge in [0.1, 0.15) is 6.61 Å². The minimum absolute atomic E-state index is 0.0164. The summed E-state index contributed by atoms with van der Waals surface area (Å²) < 4.78 is 11.0. The average Bonchev–Trinajstić information content (AvgIpc) is 3.28. The number of fused-ring (bicyclic) bond motifs is 1. The van der Waals surface area contributed by atoms with Crippen LogP contribution in [0.5, 0.6) is 0 Å². The van der Waals surface area contributed by atoms with Crippen LogP contribution in [0.3, 0.4) is 0 Å². The van der Waals surface area contributed by atoms with Crippen molar-refractivity contribution in [1.82, 2.24) is 25.3 Å². The summed E-state index contributed by atoms with van der Waals surface area (Å²) in [5, 5.41) is 7.05. The van der Waals surface area contributed by atoms with Crippen LogP contribution in [-0.4, -0.2) is 76.8 Å². The summed E-state index contributed by atoms with van der Waals surface area (Å²) in [5.41, 5.74) is 0.946. The predicted molar refractivity (Wildman–Crippen MR) is 111 cm³/mol. The number of likely N-dealkylation sites (tertiary alicyclic amines) is 2. The molecule has 4 heterocycles. The molecule has 2 unspecified atom stereocenters. The van der Waals surface area contributed by atoms with Crippen molar-refractivity contribution in [3.05, 3.63) is 36.2 Å². The minimum Gasteiger partial charge on any atom is -0.366 e. The molecule has 0 spiro atoms. The first-order chi connectivity index (χ1) is 15.2. The van der Waals surface area contributed by atoms with E-state index in [1.54, 1.807) is 0 Å². The van der Waals surface area contributed by atoms with Crippen LogP contribution in [0.4, 0.5) is 4.79 Å². The number of carbonyl (C=O) groups excluding carboxylic acids is 2. The summed E-state index contributed by atoms with van der Waals surface area (Å²) in [6, 6.07) is 9.75. The van der Waals surface area contributed by atoms with Gasteiger partial charge in [-0.2, -0.15) is 4.98 Å². The van der Waals surface area contributed by atoms with Gasteiger partial charge in [-0.1, -0.05) is 35.5 Å². The van der Waals surface area contributed by atoms with Crippen molar-refractivity contribution < 1.29 is 18.8 Å². The number of amides is 3. The number of urea groups is 1. The summed E-state index contributed by atoms with van der Waals surface area (Å²) in [5.74, 6) is 1.59. The molecule has 2 aromatic rings. The molecule has 9 heteroatoms. The third kappa shape index (κ3) is 4.41. The van der Waals surface area contributed by atoms with Gasteiger partial charge >= 0.3 is 6.03 Å². The van der Waals surface area contributed by atoms with Gasteiger partial charge in [-0.15, -0.1) is 0 Å². The van der Waals surface area contributed by atoms with Gasteiger partial charge in [-0.05, 0) is 25.2 Å². The summed E-state index contributed by atoms with van der Waals surface area (Å²) in [6.07, 6.45) is 3.33. The summed E-state index contributed by atoms with van der Waals surface area (Å²) in [6.45, 7) is 2.74. The molecular formula is C22H27N5O4. The zero-order valence-corrected chi connectivity index (χ0v) is 17.4. The molecule has 0 bridgehead atoms. The number of ether oxygens (including phenoxy) is 1. The Morgan fingerprint density at radius 1 is 1.10 bits per heavy atom. The van der Waals surface area contributed by atoms with Gasteiger partial charge in [-0.25, -0.2) is 4.79 Å². The van der Waals surface area contributed by atoms with E-state index in [2.05, 4.69) is 15.5 Å². The van der Waals surface area contributed by atoms with Crippen LogP contribution < -0.4 is 5.32 Å². The second-order valence-electron chi connectivity index (χ2n) is 8.55. The Kier molecular flexibility index (Phi) is 5.59. The van der Waals surface area contributed by atoms with Crippen LogP contribution in [0.15, 0.2) is 34.9 Å². The fourth-order valence-electron chi connectivity index (χ4n) is 4.69. The van der Waals surface area contributed by atoms with Crippen LogP contribution in [-0.2, 0) is 16.0 Å². The van der Waals surface area contributed by atoms with E-state index in [0.29, 0.717) is 30.7 Å². The quantitative estimate of drug-likeness (QED) is 0.803. The lowest BCUT2D eigenvalue weighted by molar-refractivity contribution is -0.139. The lowest BCUT2D eigenvalue weighted by Crippen LogP contribution is -2.62. The molecule has 1 N–H and O–H groups in total. The largest absolute Gasteiger partial charge is 0.366 e. The molecule has 1 aromatic carbocycles. The highest BCUT2D eigenvalue weighted by molar-refractivity contribution is 5.79. The zero-order chi connectivity index (χ0) is 21.2. The van der Waals surface area contributed by atoms with Crippen LogP contribution in [0.1, 0.15) is 25.2 Å². The van der Waals surface area contributed by atoms with Gasteiger partial charge < -0.3 is 24.4 Å². The number of morpholine rings is 1. The van der Waals surface area contributed by atoms with Crippen LogP contribution in [0.25, 0.3) is 11.4 Å². The smallest absolute Gasteiger partial charge is 0.320 e.